The number of nitrogens with two attached hydrogens (primary N) is 1. The predicted molar refractivity (Wildman–Crippen MR) is 140 cm³/mol. The first-order valence-electron chi connectivity index (χ1n) is 12.2. The van der Waals surface area contributed by atoms with Gasteiger partial charge in [0.05, 0.1) is 41.8 Å². The highest BCUT2D eigenvalue weighted by molar-refractivity contribution is 7.03. The van der Waals surface area contributed by atoms with Crippen molar-refractivity contribution in [3.05, 3.63) is 57.2 Å². The number of halogens is 5. The summed E-state index contributed by atoms with van der Waals surface area (Å²) in [6, 6.07) is 0.675. The van der Waals surface area contributed by atoms with Crippen molar-refractivity contribution in [3.8, 4) is 17.1 Å². The lowest BCUT2D eigenvalue weighted by molar-refractivity contribution is -0.137. The molecule has 0 fully saturated rings. The summed E-state index contributed by atoms with van der Waals surface area (Å²) in [5, 5.41) is 14.0. The van der Waals surface area contributed by atoms with Crippen LogP contribution in [0.5, 0.6) is 5.88 Å². The molecule has 0 spiro atoms. The quantitative estimate of drug-likeness (QED) is 0.255. The van der Waals surface area contributed by atoms with Crippen molar-refractivity contribution in [3.63, 3.8) is 0 Å². The molecule has 0 aliphatic carbocycles. The number of benzene rings is 1. The number of pyridine rings is 1. The lowest BCUT2D eigenvalue weighted by Gasteiger charge is -2.22. The number of carbonyl (C=O) groups excluding carboxylic acids is 1. The highest BCUT2D eigenvalue weighted by Gasteiger charge is 2.39. The molecule has 3 heterocycles. The van der Waals surface area contributed by atoms with Crippen LogP contribution < -0.4 is 26.4 Å². The third kappa shape index (κ3) is 5.93. The Balaban J connectivity index is 2.00. The maximum atomic E-state index is 16.3. The second kappa shape index (κ2) is 11.6. The molecule has 0 saturated carbocycles. The van der Waals surface area contributed by atoms with Gasteiger partial charge in [0.15, 0.2) is 5.82 Å². The summed E-state index contributed by atoms with van der Waals surface area (Å²) in [4.78, 5) is 17.5. The predicted octanol–water partition coefficient (Wildman–Crippen LogP) is 4.79. The van der Waals surface area contributed by atoms with Gasteiger partial charge in [-0.1, -0.05) is 10.6 Å². The zero-order valence-electron chi connectivity index (χ0n) is 21.7. The maximum Gasteiger partial charge on any atom is 0.417 e. The second-order valence-electron chi connectivity index (χ2n) is 9.04. The number of ether oxygens (including phenoxy) is 1. The van der Waals surface area contributed by atoms with E-state index in [4.69, 9.17) is 10.5 Å². The van der Waals surface area contributed by atoms with Crippen molar-refractivity contribution in [1.82, 2.24) is 25.2 Å². The van der Waals surface area contributed by atoms with Crippen molar-refractivity contribution in [2.45, 2.75) is 46.0 Å². The fourth-order valence-electron chi connectivity index (χ4n) is 4.21. The number of anilines is 2. The Morgan fingerprint density at radius 3 is 2.67 bits per heavy atom. The fourth-order valence-corrected chi connectivity index (χ4v) is 4.66. The molecule has 4 rings (SSSR count). The molecule has 0 unspecified atom stereocenters. The lowest BCUT2D eigenvalue weighted by atomic mass is 9.95. The van der Waals surface area contributed by atoms with Crippen molar-refractivity contribution >= 4 is 28.8 Å². The van der Waals surface area contributed by atoms with Crippen LogP contribution in [0.25, 0.3) is 11.3 Å². The van der Waals surface area contributed by atoms with Gasteiger partial charge in [0.25, 0.3) is 5.91 Å². The van der Waals surface area contributed by atoms with E-state index in [1.807, 2.05) is 0 Å². The zero-order chi connectivity index (χ0) is 29.2. The number of rotatable bonds is 4. The first-order valence-corrected chi connectivity index (χ1v) is 13.0. The smallest absolute Gasteiger partial charge is 0.417 e. The minimum Gasteiger partial charge on any atom is -0.474 e. The number of alkyl halides is 3. The average Bonchev–Trinajstić information content (AvgIpc) is 3.40. The Morgan fingerprint density at radius 2 is 2.02 bits per heavy atom. The van der Waals surface area contributed by atoms with Gasteiger partial charge in [-0.25, -0.2) is 13.8 Å². The summed E-state index contributed by atoms with van der Waals surface area (Å²) >= 11 is 1.04. The van der Waals surface area contributed by atoms with Crippen molar-refractivity contribution in [1.29, 1.82) is 0 Å². The van der Waals surface area contributed by atoms with Gasteiger partial charge in [0, 0.05) is 29.6 Å². The highest BCUT2D eigenvalue weighted by atomic mass is 32.1. The molecule has 1 aliphatic rings. The van der Waals surface area contributed by atoms with E-state index in [2.05, 4.69) is 30.5 Å². The SMILES string of the molecule is C/C=C1/CNC(=O)c2c(nc(-c3cc(N)c(F)c(C)c3C(F)(F)F)c(F)c2NCc2csnn2)O[C@@H](C)CCN1. The average molecular weight is 584 g/mol. The third-order valence-electron chi connectivity index (χ3n) is 6.25. The van der Waals surface area contributed by atoms with E-state index in [-0.39, 0.29) is 18.7 Å². The number of fused-ring (bicyclic) bond motifs is 1. The highest BCUT2D eigenvalue weighted by Crippen LogP contribution is 2.44. The summed E-state index contributed by atoms with van der Waals surface area (Å²) in [7, 11) is 0. The number of aromatic nitrogens is 3. The minimum absolute atomic E-state index is 0.0634. The summed E-state index contributed by atoms with van der Waals surface area (Å²) in [5.74, 6) is -3.76. The van der Waals surface area contributed by atoms with Crippen LogP contribution in [0.2, 0.25) is 0 Å². The van der Waals surface area contributed by atoms with E-state index in [1.54, 1.807) is 25.3 Å². The molecule has 1 aliphatic heterocycles. The van der Waals surface area contributed by atoms with Crippen LogP contribution in [0.1, 0.15) is 47.4 Å². The zero-order valence-corrected chi connectivity index (χ0v) is 22.5. The lowest BCUT2D eigenvalue weighted by Crippen LogP contribution is -2.31. The Labute approximate surface area is 230 Å². The minimum atomic E-state index is -5.08. The molecule has 0 radical (unpaired) electrons. The van der Waals surface area contributed by atoms with Crippen LogP contribution in [0.15, 0.2) is 23.2 Å². The molecular formula is C25H26F5N7O2S. The van der Waals surface area contributed by atoms with E-state index in [0.717, 1.165) is 18.5 Å². The van der Waals surface area contributed by atoms with Gasteiger partial charge >= 0.3 is 6.18 Å². The maximum absolute atomic E-state index is 16.3. The van der Waals surface area contributed by atoms with Gasteiger partial charge in [-0.05, 0) is 43.9 Å². The van der Waals surface area contributed by atoms with Crippen LogP contribution in [0, 0.1) is 18.6 Å². The molecule has 2 aromatic heterocycles. The van der Waals surface area contributed by atoms with Crippen LogP contribution in [-0.2, 0) is 12.7 Å². The van der Waals surface area contributed by atoms with Crippen molar-refractivity contribution in [2.75, 3.05) is 24.1 Å². The molecule has 214 valence electrons. The number of hydrogen-bond acceptors (Lipinski definition) is 9. The Hall–Kier alpha value is -4.01. The van der Waals surface area contributed by atoms with Crippen LogP contribution >= 0.6 is 11.5 Å². The molecule has 5 N–H and O–H groups in total. The van der Waals surface area contributed by atoms with Gasteiger partial charge in [0.2, 0.25) is 5.88 Å². The van der Waals surface area contributed by atoms with Crippen molar-refractivity contribution in [2.24, 2.45) is 0 Å². The van der Waals surface area contributed by atoms with Gasteiger partial charge in [0.1, 0.15) is 17.1 Å². The number of hydrogen-bond donors (Lipinski definition) is 4. The Morgan fingerprint density at radius 1 is 1.27 bits per heavy atom. The van der Waals surface area contributed by atoms with E-state index in [0.29, 0.717) is 30.4 Å². The molecule has 0 bridgehead atoms. The molecule has 9 nitrogen and oxygen atoms in total. The number of nitrogens with zero attached hydrogens (tertiary/aromatic N) is 3. The third-order valence-corrected chi connectivity index (χ3v) is 6.81. The van der Waals surface area contributed by atoms with E-state index < -0.39 is 69.5 Å². The Kier molecular flexibility index (Phi) is 8.42. The molecule has 1 amide bonds. The fraction of sp³-hybridized carbons (Fsp3) is 0.360. The number of nitrogen functional groups attached to an aromatic ring is 1. The molecule has 1 aromatic carbocycles. The largest absolute Gasteiger partial charge is 0.474 e. The summed E-state index contributed by atoms with van der Waals surface area (Å²) in [6.45, 7) is 4.74. The second-order valence-corrected chi connectivity index (χ2v) is 9.65. The van der Waals surface area contributed by atoms with Crippen LogP contribution in [0.4, 0.5) is 33.3 Å². The monoisotopic (exact) mass is 583 g/mol. The summed E-state index contributed by atoms with van der Waals surface area (Å²) in [6.07, 6.45) is -3.48. The van der Waals surface area contributed by atoms with E-state index in [1.165, 1.54) is 0 Å². The van der Waals surface area contributed by atoms with Gasteiger partial charge in [-0.3, -0.25) is 4.79 Å². The first kappa shape index (κ1) is 29.0. The number of carbonyl (C=O) groups is 1. The van der Waals surface area contributed by atoms with E-state index in [9.17, 15) is 22.4 Å². The van der Waals surface area contributed by atoms with Gasteiger partial charge < -0.3 is 26.4 Å². The normalized spacial score (nSPS) is 17.4. The molecule has 3 aromatic rings. The molecule has 1 atom stereocenters. The Bertz CT molecular complexity index is 1440. The van der Waals surface area contributed by atoms with Crippen LogP contribution in [-0.4, -0.2) is 39.7 Å². The van der Waals surface area contributed by atoms with E-state index >= 15 is 4.39 Å². The van der Waals surface area contributed by atoms with Crippen LogP contribution in [0.3, 0.4) is 0 Å². The first-order chi connectivity index (χ1) is 18.9. The molecule has 40 heavy (non-hydrogen) atoms. The molecular weight excluding hydrogens is 557 g/mol. The topological polar surface area (TPSA) is 127 Å². The molecule has 15 heteroatoms. The summed E-state index contributed by atoms with van der Waals surface area (Å²) < 4.78 is 83.0. The standard InChI is InChI=1S/C25H26F5N7O2S/c1-4-13-8-34-23(38)17-22(33-9-14-10-40-37-36-14)20(27)21(35-24(17)39-11(2)5-6-32-13)15-7-16(31)19(26)12(3)18(15)25(28,29)30/h4,7,10-11,32H,5-6,8-9,31H2,1-3H3,(H,33,35)(H,34,38)/b13-4-/t11-/m0/s1. The number of allylic oxidation sites excluding steroid dienone is 1. The summed E-state index contributed by atoms with van der Waals surface area (Å²) in [5.41, 5.74) is 1.41. The number of nitrogens with one attached hydrogen (secondary N) is 3. The number of amides is 1. The molecule has 0 saturated heterocycles. The van der Waals surface area contributed by atoms with Gasteiger partial charge in [-0.15, -0.1) is 5.10 Å². The van der Waals surface area contributed by atoms with Gasteiger partial charge in [-0.2, -0.15) is 13.2 Å². The van der Waals surface area contributed by atoms with Crippen molar-refractivity contribution < 1.29 is 31.5 Å².